The summed E-state index contributed by atoms with van der Waals surface area (Å²) in [7, 11) is 2.37. The molecule has 1 aromatic carbocycles. The van der Waals surface area contributed by atoms with Crippen molar-refractivity contribution in [3.63, 3.8) is 0 Å². The molecule has 1 aromatic rings. The van der Waals surface area contributed by atoms with Crippen LogP contribution in [-0.2, 0) is 0 Å². The summed E-state index contributed by atoms with van der Waals surface area (Å²) in [5.41, 5.74) is 0.878. The van der Waals surface area contributed by atoms with E-state index in [4.69, 9.17) is 10.0 Å². The normalized spacial score (nSPS) is 9.83. The molecule has 1 rings (SSSR count). The van der Waals surface area contributed by atoms with Gasteiger partial charge in [0.05, 0.1) is 0 Å². The Bertz CT molecular complexity index is 371. The smallest absolute Gasteiger partial charge is 0.423 e. The molecule has 0 saturated heterocycles. The van der Waals surface area contributed by atoms with Crippen LogP contribution >= 0.6 is 12.4 Å². The Labute approximate surface area is 113 Å². The lowest BCUT2D eigenvalue weighted by Crippen LogP contribution is -2.32. The minimum absolute atomic E-state index is 0. The second-order valence-electron chi connectivity index (χ2n) is 4.05. The number of rotatable bonds is 5. The fourth-order valence-electron chi connectivity index (χ4n) is 1.30. The van der Waals surface area contributed by atoms with E-state index in [2.05, 4.69) is 5.32 Å². The highest BCUT2D eigenvalue weighted by atomic mass is 35.5. The van der Waals surface area contributed by atoms with E-state index >= 15 is 0 Å². The summed E-state index contributed by atoms with van der Waals surface area (Å²) in [4.78, 5) is 13.6. The molecule has 0 radical (unpaired) electrons. The van der Waals surface area contributed by atoms with Crippen molar-refractivity contribution >= 4 is 30.9 Å². The number of hydrogen-bond donors (Lipinski definition) is 3. The average molecular weight is 273 g/mol. The van der Waals surface area contributed by atoms with Crippen molar-refractivity contribution in [3.05, 3.63) is 29.8 Å². The van der Waals surface area contributed by atoms with Gasteiger partial charge in [-0.1, -0.05) is 12.1 Å². The first-order valence-corrected chi connectivity index (χ1v) is 5.39. The topological polar surface area (TPSA) is 72.8 Å². The van der Waals surface area contributed by atoms with Crippen LogP contribution in [0.1, 0.15) is 10.4 Å². The number of carbonyl (C=O) groups excluding carboxylic acids is 1. The largest absolute Gasteiger partial charge is 0.488 e. The molecule has 5 nitrogen and oxygen atoms in total. The summed E-state index contributed by atoms with van der Waals surface area (Å²) in [6.07, 6.45) is 0. The lowest BCUT2D eigenvalue weighted by atomic mass is 9.80. The number of nitrogens with one attached hydrogen (secondary N) is 1. The maximum atomic E-state index is 11.7. The lowest BCUT2D eigenvalue weighted by Gasteiger charge is -2.10. The molecule has 0 fully saturated rings. The van der Waals surface area contributed by atoms with Crippen LogP contribution in [0.3, 0.4) is 0 Å². The highest BCUT2D eigenvalue weighted by Crippen LogP contribution is 1.97. The minimum atomic E-state index is -1.50. The van der Waals surface area contributed by atoms with E-state index in [1.165, 1.54) is 12.1 Å². The van der Waals surface area contributed by atoms with E-state index < -0.39 is 7.12 Å². The molecule has 0 aromatic heterocycles. The minimum Gasteiger partial charge on any atom is -0.423 e. The predicted molar refractivity (Wildman–Crippen MR) is 74.4 cm³/mol. The molecule has 100 valence electrons. The van der Waals surface area contributed by atoms with Crippen molar-refractivity contribution in [2.24, 2.45) is 0 Å². The Hall–Kier alpha value is -1.08. The van der Waals surface area contributed by atoms with Crippen LogP contribution in [0, 0.1) is 0 Å². The number of nitrogens with zero attached hydrogens (tertiary/aromatic N) is 1. The molecule has 7 heteroatoms. The number of carbonyl (C=O) groups is 1. The van der Waals surface area contributed by atoms with E-state index in [-0.39, 0.29) is 18.3 Å². The zero-order chi connectivity index (χ0) is 12.8. The third-order valence-corrected chi connectivity index (χ3v) is 2.32. The first kappa shape index (κ1) is 16.9. The standard InChI is InChI=1S/C11H17BN2O3.ClH/c1-14(2)8-7-13-11(15)9-3-5-10(6-4-9)12(16)17;/h3-6,16-17H,7-8H2,1-2H3,(H,13,15);1H. The van der Waals surface area contributed by atoms with Crippen LogP contribution in [0.15, 0.2) is 24.3 Å². The van der Waals surface area contributed by atoms with Gasteiger partial charge in [-0.15, -0.1) is 12.4 Å². The molecule has 18 heavy (non-hydrogen) atoms. The van der Waals surface area contributed by atoms with Crippen LogP contribution in [0.2, 0.25) is 0 Å². The predicted octanol–water partition coefficient (Wildman–Crippen LogP) is -0.920. The van der Waals surface area contributed by atoms with Crippen molar-refractivity contribution in [3.8, 4) is 0 Å². The molecule has 1 amide bonds. The van der Waals surface area contributed by atoms with E-state index in [1.807, 2.05) is 19.0 Å². The molecular formula is C11H18BClN2O3. The summed E-state index contributed by atoms with van der Waals surface area (Å²) in [6.45, 7) is 1.36. The zero-order valence-electron chi connectivity index (χ0n) is 10.5. The van der Waals surface area contributed by atoms with Crippen LogP contribution in [0.5, 0.6) is 0 Å². The van der Waals surface area contributed by atoms with Gasteiger partial charge in [0.15, 0.2) is 0 Å². The van der Waals surface area contributed by atoms with Gasteiger partial charge in [0, 0.05) is 18.7 Å². The van der Waals surface area contributed by atoms with Crippen molar-refractivity contribution in [2.75, 3.05) is 27.2 Å². The fourth-order valence-corrected chi connectivity index (χ4v) is 1.30. The van der Waals surface area contributed by atoms with Crippen LogP contribution in [0.4, 0.5) is 0 Å². The Morgan fingerprint density at radius 3 is 2.28 bits per heavy atom. The summed E-state index contributed by atoms with van der Waals surface area (Å²) in [5.74, 6) is -0.161. The number of likely N-dealkylation sites (N-methyl/N-ethyl adjacent to an activating group) is 1. The van der Waals surface area contributed by atoms with Gasteiger partial charge in [-0.2, -0.15) is 0 Å². The van der Waals surface area contributed by atoms with Crippen LogP contribution < -0.4 is 10.8 Å². The zero-order valence-corrected chi connectivity index (χ0v) is 11.3. The number of hydrogen-bond acceptors (Lipinski definition) is 4. The van der Waals surface area contributed by atoms with Gasteiger partial charge in [0.25, 0.3) is 5.91 Å². The van der Waals surface area contributed by atoms with Gasteiger partial charge >= 0.3 is 7.12 Å². The maximum Gasteiger partial charge on any atom is 0.488 e. The number of benzene rings is 1. The Kier molecular flexibility index (Phi) is 7.62. The van der Waals surface area contributed by atoms with Gasteiger partial charge < -0.3 is 20.3 Å². The molecule has 0 aliphatic rings. The molecule has 0 atom stereocenters. The van der Waals surface area contributed by atoms with Crippen molar-refractivity contribution in [2.45, 2.75) is 0 Å². The lowest BCUT2D eigenvalue weighted by molar-refractivity contribution is 0.0951. The molecule has 3 N–H and O–H groups in total. The van der Waals surface area contributed by atoms with Crippen molar-refractivity contribution in [1.29, 1.82) is 0 Å². The Morgan fingerprint density at radius 2 is 1.83 bits per heavy atom. The van der Waals surface area contributed by atoms with Crippen LogP contribution in [0.25, 0.3) is 0 Å². The number of amides is 1. The molecule has 0 heterocycles. The van der Waals surface area contributed by atoms with Crippen molar-refractivity contribution < 1.29 is 14.8 Å². The van der Waals surface area contributed by atoms with Gasteiger partial charge in [-0.05, 0) is 31.7 Å². The van der Waals surface area contributed by atoms with Crippen LogP contribution in [-0.4, -0.2) is 55.2 Å². The molecule has 0 unspecified atom stereocenters. The summed E-state index contributed by atoms with van der Waals surface area (Å²) < 4.78 is 0. The highest BCUT2D eigenvalue weighted by Gasteiger charge is 2.11. The maximum absolute atomic E-state index is 11.7. The summed E-state index contributed by atoms with van der Waals surface area (Å²) in [5, 5.41) is 20.6. The van der Waals surface area contributed by atoms with Gasteiger partial charge in [-0.3, -0.25) is 4.79 Å². The van der Waals surface area contributed by atoms with Gasteiger partial charge in [-0.25, -0.2) is 0 Å². The first-order valence-electron chi connectivity index (χ1n) is 5.39. The first-order chi connectivity index (χ1) is 8.00. The van der Waals surface area contributed by atoms with Gasteiger partial charge in [0.2, 0.25) is 0 Å². The van der Waals surface area contributed by atoms with E-state index in [0.717, 1.165) is 6.54 Å². The third kappa shape index (κ3) is 5.51. The summed E-state index contributed by atoms with van der Waals surface area (Å²) >= 11 is 0. The number of halogens is 1. The average Bonchev–Trinajstić information content (AvgIpc) is 2.28. The van der Waals surface area contributed by atoms with Gasteiger partial charge in [0.1, 0.15) is 0 Å². The summed E-state index contributed by atoms with van der Waals surface area (Å²) in [6, 6.07) is 6.18. The van der Waals surface area contributed by atoms with E-state index in [0.29, 0.717) is 17.6 Å². The Morgan fingerprint density at radius 1 is 1.28 bits per heavy atom. The molecule has 0 saturated carbocycles. The quantitative estimate of drug-likeness (QED) is 0.606. The van der Waals surface area contributed by atoms with E-state index in [1.54, 1.807) is 12.1 Å². The molecular weight excluding hydrogens is 254 g/mol. The van der Waals surface area contributed by atoms with Crippen molar-refractivity contribution in [1.82, 2.24) is 10.2 Å². The highest BCUT2D eigenvalue weighted by molar-refractivity contribution is 6.58. The third-order valence-electron chi connectivity index (χ3n) is 2.32. The second-order valence-corrected chi connectivity index (χ2v) is 4.05. The molecule has 0 bridgehead atoms. The second kappa shape index (κ2) is 8.10. The monoisotopic (exact) mass is 272 g/mol. The fraction of sp³-hybridized carbons (Fsp3) is 0.364. The molecule has 0 aliphatic heterocycles. The Balaban J connectivity index is 0.00000289. The molecule has 0 spiro atoms. The van der Waals surface area contributed by atoms with E-state index in [9.17, 15) is 4.79 Å². The SMILES string of the molecule is CN(C)CCNC(=O)c1ccc(B(O)O)cc1.Cl. The molecule has 0 aliphatic carbocycles.